The van der Waals surface area contributed by atoms with Crippen molar-refractivity contribution in [3.05, 3.63) is 45.9 Å². The highest BCUT2D eigenvalue weighted by atomic mass is 32.1. The van der Waals surface area contributed by atoms with Gasteiger partial charge in [-0.25, -0.2) is 4.98 Å². The van der Waals surface area contributed by atoms with Gasteiger partial charge in [-0.3, -0.25) is 4.79 Å². The molecular weight excluding hydrogens is 324 g/mol. The molecule has 0 bridgehead atoms. The standard InChI is InChI=1S/C18H22N2O3S/c1-13-5-3-4-6-16(13)23-10-17-19-14(12-24-17)9-20(15-7-8-15)18(21)11-22-2/h3-6,12,15H,7-11H2,1-2H3. The summed E-state index contributed by atoms with van der Waals surface area (Å²) in [5.41, 5.74) is 2.03. The van der Waals surface area contributed by atoms with Crippen molar-refractivity contribution in [3.63, 3.8) is 0 Å². The van der Waals surface area contributed by atoms with Crippen LogP contribution >= 0.6 is 11.3 Å². The number of benzene rings is 1. The first-order valence-corrected chi connectivity index (χ1v) is 8.95. The van der Waals surface area contributed by atoms with Crippen molar-refractivity contribution in [1.29, 1.82) is 0 Å². The van der Waals surface area contributed by atoms with E-state index in [2.05, 4.69) is 4.98 Å². The minimum absolute atomic E-state index is 0.0331. The first-order valence-electron chi connectivity index (χ1n) is 8.07. The summed E-state index contributed by atoms with van der Waals surface area (Å²) < 4.78 is 10.8. The van der Waals surface area contributed by atoms with Gasteiger partial charge in [0.05, 0.1) is 12.2 Å². The van der Waals surface area contributed by atoms with Crippen LogP contribution in [-0.4, -0.2) is 35.5 Å². The number of nitrogens with zero attached hydrogens (tertiary/aromatic N) is 2. The van der Waals surface area contributed by atoms with E-state index >= 15 is 0 Å². The van der Waals surface area contributed by atoms with E-state index in [0.29, 0.717) is 19.2 Å². The zero-order valence-corrected chi connectivity index (χ0v) is 14.8. The average molecular weight is 346 g/mol. The number of aryl methyl sites for hydroxylation is 1. The predicted molar refractivity (Wildman–Crippen MR) is 93.1 cm³/mol. The lowest BCUT2D eigenvalue weighted by molar-refractivity contribution is -0.136. The largest absolute Gasteiger partial charge is 0.486 e. The molecule has 1 aromatic carbocycles. The predicted octanol–water partition coefficient (Wildman–Crippen LogP) is 3.17. The summed E-state index contributed by atoms with van der Waals surface area (Å²) in [6, 6.07) is 8.29. The molecule has 1 heterocycles. The summed E-state index contributed by atoms with van der Waals surface area (Å²) >= 11 is 1.57. The van der Waals surface area contributed by atoms with Gasteiger partial charge >= 0.3 is 0 Å². The molecule has 0 atom stereocenters. The number of methoxy groups -OCH3 is 1. The molecule has 1 aliphatic rings. The van der Waals surface area contributed by atoms with Crippen LogP contribution in [0.15, 0.2) is 29.6 Å². The molecule has 1 fully saturated rings. The number of carbonyl (C=O) groups is 1. The van der Waals surface area contributed by atoms with Gasteiger partial charge in [-0.2, -0.15) is 0 Å². The second-order valence-electron chi connectivity index (χ2n) is 5.97. The molecule has 0 N–H and O–H groups in total. The number of carbonyl (C=O) groups excluding carboxylic acids is 1. The summed E-state index contributed by atoms with van der Waals surface area (Å²) in [4.78, 5) is 18.6. The van der Waals surface area contributed by atoms with Crippen molar-refractivity contribution < 1.29 is 14.3 Å². The van der Waals surface area contributed by atoms with Crippen LogP contribution in [0.1, 0.15) is 29.1 Å². The number of ether oxygens (including phenoxy) is 2. The second kappa shape index (κ2) is 7.77. The minimum Gasteiger partial charge on any atom is -0.486 e. The maximum atomic E-state index is 12.1. The molecule has 1 amide bonds. The van der Waals surface area contributed by atoms with Crippen LogP contribution in [0, 0.1) is 6.92 Å². The van der Waals surface area contributed by atoms with Crippen LogP contribution in [0.5, 0.6) is 5.75 Å². The van der Waals surface area contributed by atoms with Gasteiger partial charge in [0.1, 0.15) is 24.0 Å². The molecule has 1 aliphatic carbocycles. The van der Waals surface area contributed by atoms with Gasteiger partial charge in [-0.05, 0) is 31.4 Å². The third kappa shape index (κ3) is 4.33. The Labute approximate surface area is 146 Å². The normalized spacial score (nSPS) is 13.8. The Morgan fingerprint density at radius 1 is 1.38 bits per heavy atom. The summed E-state index contributed by atoms with van der Waals surface area (Å²) in [5.74, 6) is 0.912. The minimum atomic E-state index is 0.0331. The smallest absolute Gasteiger partial charge is 0.249 e. The SMILES string of the molecule is COCC(=O)N(Cc1csc(COc2ccccc2C)n1)C1CC1. The third-order valence-electron chi connectivity index (χ3n) is 3.95. The Morgan fingerprint density at radius 2 is 2.17 bits per heavy atom. The average Bonchev–Trinajstić information content (AvgIpc) is 3.31. The van der Waals surface area contributed by atoms with Crippen molar-refractivity contribution >= 4 is 17.2 Å². The molecule has 0 aliphatic heterocycles. The fourth-order valence-corrected chi connectivity index (χ4v) is 3.23. The molecular formula is C18H22N2O3S. The molecule has 6 heteroatoms. The zero-order valence-electron chi connectivity index (χ0n) is 14.0. The second-order valence-corrected chi connectivity index (χ2v) is 6.92. The number of aromatic nitrogens is 1. The van der Waals surface area contributed by atoms with Crippen molar-refractivity contribution in [3.8, 4) is 5.75 Å². The van der Waals surface area contributed by atoms with E-state index in [1.54, 1.807) is 18.4 Å². The van der Waals surface area contributed by atoms with Crippen LogP contribution in [0.3, 0.4) is 0 Å². The Morgan fingerprint density at radius 3 is 2.88 bits per heavy atom. The van der Waals surface area contributed by atoms with E-state index in [-0.39, 0.29) is 12.5 Å². The molecule has 128 valence electrons. The quantitative estimate of drug-likeness (QED) is 0.737. The van der Waals surface area contributed by atoms with Gasteiger partial charge in [0.25, 0.3) is 0 Å². The monoisotopic (exact) mass is 346 g/mol. The lowest BCUT2D eigenvalue weighted by Crippen LogP contribution is -2.35. The summed E-state index contributed by atoms with van der Waals surface area (Å²) in [5, 5.41) is 2.93. The van der Waals surface area contributed by atoms with Gasteiger partial charge in [0, 0.05) is 18.5 Å². The molecule has 3 rings (SSSR count). The number of thiazole rings is 1. The molecule has 0 spiro atoms. The maximum absolute atomic E-state index is 12.1. The highest BCUT2D eigenvalue weighted by Crippen LogP contribution is 2.29. The van der Waals surface area contributed by atoms with E-state index in [1.165, 1.54) is 0 Å². The molecule has 1 saturated carbocycles. The van der Waals surface area contributed by atoms with Crippen LogP contribution in [0.4, 0.5) is 0 Å². The molecule has 1 aromatic heterocycles. The number of para-hydroxylation sites is 1. The molecule has 24 heavy (non-hydrogen) atoms. The van der Waals surface area contributed by atoms with Crippen LogP contribution in [-0.2, 0) is 22.7 Å². The number of rotatable bonds is 8. The first-order chi connectivity index (χ1) is 11.7. The number of hydrogen-bond donors (Lipinski definition) is 0. The van der Waals surface area contributed by atoms with Crippen molar-refractivity contribution in [2.24, 2.45) is 0 Å². The first kappa shape index (κ1) is 16.9. The lowest BCUT2D eigenvalue weighted by Gasteiger charge is -2.20. The van der Waals surface area contributed by atoms with Gasteiger partial charge in [0.15, 0.2) is 0 Å². The topological polar surface area (TPSA) is 51.7 Å². The van der Waals surface area contributed by atoms with E-state index in [0.717, 1.165) is 34.9 Å². The lowest BCUT2D eigenvalue weighted by atomic mass is 10.2. The highest BCUT2D eigenvalue weighted by Gasteiger charge is 2.32. The van der Waals surface area contributed by atoms with E-state index < -0.39 is 0 Å². The Kier molecular flexibility index (Phi) is 5.48. The van der Waals surface area contributed by atoms with Gasteiger partial charge < -0.3 is 14.4 Å². The molecule has 5 nitrogen and oxygen atoms in total. The maximum Gasteiger partial charge on any atom is 0.249 e. The van der Waals surface area contributed by atoms with Gasteiger partial charge in [-0.15, -0.1) is 11.3 Å². The number of amides is 1. The highest BCUT2D eigenvalue weighted by molar-refractivity contribution is 7.09. The van der Waals surface area contributed by atoms with E-state index in [4.69, 9.17) is 9.47 Å². The van der Waals surface area contributed by atoms with Crippen molar-refractivity contribution in [2.75, 3.05) is 13.7 Å². The Bertz CT molecular complexity index is 697. The Balaban J connectivity index is 1.58. The van der Waals surface area contributed by atoms with Gasteiger partial charge in [-0.1, -0.05) is 18.2 Å². The fraction of sp³-hybridized carbons (Fsp3) is 0.444. The van der Waals surface area contributed by atoms with Gasteiger partial charge in [0.2, 0.25) is 5.91 Å². The molecule has 0 radical (unpaired) electrons. The molecule has 0 saturated heterocycles. The van der Waals surface area contributed by atoms with Crippen LogP contribution in [0.2, 0.25) is 0 Å². The van der Waals surface area contributed by atoms with Crippen LogP contribution in [0.25, 0.3) is 0 Å². The van der Waals surface area contributed by atoms with E-state index in [9.17, 15) is 4.79 Å². The van der Waals surface area contributed by atoms with Crippen molar-refractivity contribution in [2.45, 2.75) is 39.0 Å². The fourth-order valence-electron chi connectivity index (χ4n) is 2.53. The van der Waals surface area contributed by atoms with Crippen molar-refractivity contribution in [1.82, 2.24) is 9.88 Å². The van der Waals surface area contributed by atoms with Crippen LogP contribution < -0.4 is 4.74 Å². The summed E-state index contributed by atoms with van der Waals surface area (Å²) in [7, 11) is 1.55. The zero-order chi connectivity index (χ0) is 16.9. The number of hydrogen-bond acceptors (Lipinski definition) is 5. The third-order valence-corrected chi connectivity index (χ3v) is 4.82. The van der Waals surface area contributed by atoms with E-state index in [1.807, 2.05) is 41.5 Å². The summed E-state index contributed by atoms with van der Waals surface area (Å²) in [6.45, 7) is 3.15. The summed E-state index contributed by atoms with van der Waals surface area (Å²) in [6.07, 6.45) is 2.14. The Hall–Kier alpha value is -1.92. The molecule has 0 unspecified atom stereocenters. The molecule has 2 aromatic rings.